The van der Waals surface area contributed by atoms with Gasteiger partial charge >= 0.3 is 0 Å². The fourth-order valence-electron chi connectivity index (χ4n) is 1.64. The van der Waals surface area contributed by atoms with Gasteiger partial charge in [-0.05, 0) is 31.0 Å². The van der Waals surface area contributed by atoms with Crippen LogP contribution in [0.15, 0.2) is 16.6 Å². The van der Waals surface area contributed by atoms with Crippen LogP contribution in [0.3, 0.4) is 0 Å². The summed E-state index contributed by atoms with van der Waals surface area (Å²) in [5.74, 6) is 0. The van der Waals surface area contributed by atoms with E-state index in [1.807, 2.05) is 0 Å². The molecule has 1 N–H and O–H groups in total. The summed E-state index contributed by atoms with van der Waals surface area (Å²) in [7, 11) is 1.72. The monoisotopic (exact) mass is 314 g/mol. The number of fused-ring (bicyclic) bond motifs is 1. The molecule has 0 aliphatic heterocycles. The molecule has 17 heavy (non-hydrogen) atoms. The van der Waals surface area contributed by atoms with Crippen molar-refractivity contribution in [2.24, 2.45) is 0 Å². The normalized spacial score (nSPS) is 11.0. The lowest BCUT2D eigenvalue weighted by Gasteiger charge is -2.00. The zero-order chi connectivity index (χ0) is 12.3. The molecule has 2 rings (SSSR count). The molecule has 0 unspecified atom stereocenters. The Morgan fingerprint density at radius 2 is 2.29 bits per heavy atom. The van der Waals surface area contributed by atoms with Gasteiger partial charge in [-0.1, -0.05) is 27.3 Å². The third-order valence-electron chi connectivity index (χ3n) is 2.45. The predicted octanol–water partition coefficient (Wildman–Crippen LogP) is 3.82. The second kappa shape index (κ2) is 5.80. The quantitative estimate of drug-likeness (QED) is 0.852. The summed E-state index contributed by atoms with van der Waals surface area (Å²) in [6.45, 7) is 3.76. The number of aromatic nitrogens is 1. The molecule has 0 fully saturated rings. The Hall–Kier alpha value is -0.650. The molecule has 3 nitrogen and oxygen atoms in total. The van der Waals surface area contributed by atoms with Crippen LogP contribution < -0.4 is 5.32 Å². The summed E-state index contributed by atoms with van der Waals surface area (Å²) >= 11 is 5.20. The van der Waals surface area contributed by atoms with E-state index in [9.17, 15) is 0 Å². The predicted molar refractivity (Wildman–Crippen MR) is 77.0 cm³/mol. The van der Waals surface area contributed by atoms with Crippen molar-refractivity contribution < 1.29 is 4.74 Å². The van der Waals surface area contributed by atoms with Gasteiger partial charge in [0, 0.05) is 24.7 Å². The van der Waals surface area contributed by atoms with E-state index < -0.39 is 0 Å². The first-order valence-electron chi connectivity index (χ1n) is 5.50. The highest BCUT2D eigenvalue weighted by atomic mass is 79.9. The number of methoxy groups -OCH3 is 1. The zero-order valence-electron chi connectivity index (χ0n) is 9.92. The number of halogens is 1. The van der Waals surface area contributed by atoms with Gasteiger partial charge in [0.05, 0.1) is 10.2 Å². The third-order valence-corrected chi connectivity index (χ3v) is 3.87. The number of rotatable bonds is 5. The highest BCUT2D eigenvalue weighted by Gasteiger charge is 2.06. The van der Waals surface area contributed by atoms with E-state index in [1.165, 1.54) is 10.3 Å². The number of hydrogen-bond acceptors (Lipinski definition) is 4. The Balaban J connectivity index is 2.12. The Morgan fingerprint density at radius 1 is 1.47 bits per heavy atom. The minimum absolute atomic E-state index is 0.780. The Morgan fingerprint density at radius 3 is 3.06 bits per heavy atom. The Labute approximate surface area is 113 Å². The van der Waals surface area contributed by atoms with E-state index in [4.69, 9.17) is 4.74 Å². The van der Waals surface area contributed by atoms with E-state index in [0.717, 1.165) is 34.7 Å². The topological polar surface area (TPSA) is 34.1 Å². The Kier molecular flexibility index (Phi) is 4.36. The summed E-state index contributed by atoms with van der Waals surface area (Å²) in [5, 5.41) is 4.31. The van der Waals surface area contributed by atoms with Gasteiger partial charge in [-0.3, -0.25) is 0 Å². The van der Waals surface area contributed by atoms with Crippen molar-refractivity contribution >= 4 is 42.6 Å². The van der Waals surface area contributed by atoms with Crippen molar-refractivity contribution in [1.82, 2.24) is 4.98 Å². The van der Waals surface area contributed by atoms with Crippen LogP contribution in [0, 0.1) is 6.92 Å². The highest BCUT2D eigenvalue weighted by molar-refractivity contribution is 9.10. The SMILES string of the molecule is COCCCNc1nc2c(C)cc(Br)cc2s1. The first-order valence-corrected chi connectivity index (χ1v) is 7.11. The average Bonchev–Trinajstić information content (AvgIpc) is 2.67. The smallest absolute Gasteiger partial charge is 0.183 e. The number of ether oxygens (including phenoxy) is 1. The number of nitrogens with zero attached hydrogens (tertiary/aromatic N) is 1. The van der Waals surface area contributed by atoms with E-state index >= 15 is 0 Å². The maximum Gasteiger partial charge on any atom is 0.183 e. The van der Waals surface area contributed by atoms with Crippen molar-refractivity contribution in [3.8, 4) is 0 Å². The van der Waals surface area contributed by atoms with Crippen LogP contribution in [0.5, 0.6) is 0 Å². The van der Waals surface area contributed by atoms with Gasteiger partial charge in [-0.25, -0.2) is 4.98 Å². The first kappa shape index (κ1) is 12.8. The van der Waals surface area contributed by atoms with E-state index in [0.29, 0.717) is 0 Å². The van der Waals surface area contributed by atoms with Crippen LogP contribution in [0.25, 0.3) is 10.2 Å². The van der Waals surface area contributed by atoms with Crippen molar-refractivity contribution in [2.45, 2.75) is 13.3 Å². The summed E-state index contributed by atoms with van der Waals surface area (Å²) < 4.78 is 7.33. The molecule has 92 valence electrons. The zero-order valence-corrected chi connectivity index (χ0v) is 12.3. The molecule has 1 aromatic heterocycles. The minimum atomic E-state index is 0.780. The highest BCUT2D eigenvalue weighted by Crippen LogP contribution is 2.30. The molecule has 2 aromatic rings. The van der Waals surface area contributed by atoms with Gasteiger partial charge < -0.3 is 10.1 Å². The molecule has 0 bridgehead atoms. The van der Waals surface area contributed by atoms with Crippen molar-refractivity contribution in [3.63, 3.8) is 0 Å². The van der Waals surface area contributed by atoms with Crippen molar-refractivity contribution in [1.29, 1.82) is 0 Å². The molecule has 0 saturated carbocycles. The van der Waals surface area contributed by atoms with E-state index in [-0.39, 0.29) is 0 Å². The fourth-order valence-corrected chi connectivity index (χ4v) is 3.37. The number of hydrogen-bond donors (Lipinski definition) is 1. The fraction of sp³-hybridized carbons (Fsp3) is 0.417. The molecule has 0 aliphatic carbocycles. The van der Waals surface area contributed by atoms with E-state index in [2.05, 4.69) is 45.3 Å². The van der Waals surface area contributed by atoms with Crippen LogP contribution in [0.2, 0.25) is 0 Å². The van der Waals surface area contributed by atoms with Gasteiger partial charge in [-0.2, -0.15) is 0 Å². The molecule has 0 aliphatic rings. The summed E-state index contributed by atoms with van der Waals surface area (Å²) in [6, 6.07) is 4.21. The molecule has 0 atom stereocenters. The summed E-state index contributed by atoms with van der Waals surface area (Å²) in [4.78, 5) is 4.60. The molecule has 0 spiro atoms. The summed E-state index contributed by atoms with van der Waals surface area (Å²) in [5.41, 5.74) is 2.29. The molecule has 0 amide bonds. The first-order chi connectivity index (χ1) is 8.20. The van der Waals surface area contributed by atoms with Gasteiger partial charge in [-0.15, -0.1) is 0 Å². The van der Waals surface area contributed by atoms with Crippen molar-refractivity contribution in [2.75, 3.05) is 25.6 Å². The molecule has 0 saturated heterocycles. The second-order valence-electron chi connectivity index (χ2n) is 3.86. The third kappa shape index (κ3) is 3.18. The van der Waals surface area contributed by atoms with Crippen LogP contribution in [0.1, 0.15) is 12.0 Å². The lowest BCUT2D eigenvalue weighted by atomic mass is 10.2. The molecular weight excluding hydrogens is 300 g/mol. The second-order valence-corrected chi connectivity index (χ2v) is 5.81. The van der Waals surface area contributed by atoms with Gasteiger partial charge in [0.1, 0.15) is 0 Å². The number of nitrogens with one attached hydrogen (secondary N) is 1. The number of anilines is 1. The standard InChI is InChI=1S/C12H15BrN2OS/c1-8-6-9(13)7-10-11(8)15-12(17-10)14-4-3-5-16-2/h6-7H,3-5H2,1-2H3,(H,14,15). The van der Waals surface area contributed by atoms with E-state index in [1.54, 1.807) is 18.4 Å². The molecule has 1 heterocycles. The van der Waals surface area contributed by atoms with Gasteiger partial charge in [0.25, 0.3) is 0 Å². The molecule has 5 heteroatoms. The maximum atomic E-state index is 5.01. The number of benzene rings is 1. The Bertz CT molecular complexity index is 512. The maximum absolute atomic E-state index is 5.01. The van der Waals surface area contributed by atoms with Crippen LogP contribution in [-0.2, 0) is 4.74 Å². The molecule has 0 radical (unpaired) electrons. The van der Waals surface area contributed by atoms with Crippen molar-refractivity contribution in [3.05, 3.63) is 22.2 Å². The average molecular weight is 315 g/mol. The lowest BCUT2D eigenvalue weighted by molar-refractivity contribution is 0.198. The van der Waals surface area contributed by atoms with Gasteiger partial charge in [0.2, 0.25) is 0 Å². The van der Waals surface area contributed by atoms with Gasteiger partial charge in [0.15, 0.2) is 5.13 Å². The summed E-state index contributed by atoms with van der Waals surface area (Å²) in [6.07, 6.45) is 0.995. The lowest BCUT2D eigenvalue weighted by Crippen LogP contribution is -2.03. The number of thiazole rings is 1. The molecule has 1 aromatic carbocycles. The molecular formula is C12H15BrN2OS. The van der Waals surface area contributed by atoms with Crippen LogP contribution in [-0.4, -0.2) is 25.2 Å². The largest absolute Gasteiger partial charge is 0.385 e. The van der Waals surface area contributed by atoms with Crippen LogP contribution in [0.4, 0.5) is 5.13 Å². The minimum Gasteiger partial charge on any atom is -0.385 e. The van der Waals surface area contributed by atoms with Crippen LogP contribution >= 0.6 is 27.3 Å². The number of aryl methyl sites for hydroxylation is 1.